The van der Waals surface area contributed by atoms with Crippen LogP contribution >= 0.6 is 0 Å². The van der Waals surface area contributed by atoms with Gasteiger partial charge in [0.25, 0.3) is 0 Å². The zero-order chi connectivity index (χ0) is 33.3. The lowest BCUT2D eigenvalue weighted by Gasteiger charge is -2.47. The first-order valence-electron chi connectivity index (χ1n) is 14.1. The van der Waals surface area contributed by atoms with Crippen molar-refractivity contribution in [1.29, 1.82) is 0 Å². The molecule has 0 bridgehead atoms. The molecule has 45 heavy (non-hydrogen) atoms. The molecule has 20 atom stereocenters. The Hall–Kier alpha value is -0.840. The first-order chi connectivity index (χ1) is 21.2. The zero-order valence-electron chi connectivity index (χ0n) is 23.5. The highest BCUT2D eigenvalue weighted by atomic mass is 16.8. The Morgan fingerprint density at radius 2 is 0.778 bits per heavy atom. The third-order valence-corrected chi connectivity index (χ3v) is 8.19. The lowest BCUT2D eigenvalue weighted by Crippen LogP contribution is -2.66. The Balaban J connectivity index is 1.44. The highest BCUT2D eigenvalue weighted by molar-refractivity contribution is 4.96. The number of ether oxygens (including phenoxy) is 7. The fourth-order valence-corrected chi connectivity index (χ4v) is 5.43. The molecule has 14 N–H and O–H groups in total. The summed E-state index contributed by atoms with van der Waals surface area (Å²) in [6.07, 6.45) is -35.3. The molecule has 21 nitrogen and oxygen atoms in total. The van der Waals surface area contributed by atoms with E-state index in [0.29, 0.717) is 0 Å². The van der Waals surface area contributed by atoms with Crippen molar-refractivity contribution < 1.29 is 105 Å². The minimum absolute atomic E-state index is 0.742. The molecule has 4 heterocycles. The van der Waals surface area contributed by atoms with Gasteiger partial charge in [0, 0.05) is 0 Å². The lowest BCUT2D eigenvalue weighted by molar-refractivity contribution is -0.372. The van der Waals surface area contributed by atoms with Crippen molar-refractivity contribution in [2.45, 2.75) is 123 Å². The van der Waals surface area contributed by atoms with Crippen LogP contribution in [0.4, 0.5) is 0 Å². The van der Waals surface area contributed by atoms with Gasteiger partial charge in [0.15, 0.2) is 25.2 Å². The molecule has 0 aromatic heterocycles. The molecule has 4 fully saturated rings. The van der Waals surface area contributed by atoms with Gasteiger partial charge in [-0.1, -0.05) is 0 Å². The topological polar surface area (TPSA) is 348 Å². The Labute approximate surface area is 254 Å². The van der Waals surface area contributed by atoms with Crippen molar-refractivity contribution in [3.63, 3.8) is 0 Å². The maximum Gasteiger partial charge on any atom is 0.187 e. The van der Waals surface area contributed by atoms with Crippen LogP contribution in [0.15, 0.2) is 0 Å². The van der Waals surface area contributed by atoms with E-state index in [1.54, 1.807) is 0 Å². The minimum Gasteiger partial charge on any atom is -0.394 e. The maximum absolute atomic E-state index is 10.9. The van der Waals surface area contributed by atoms with E-state index in [9.17, 15) is 71.5 Å². The van der Waals surface area contributed by atoms with E-state index < -0.39 is 149 Å². The van der Waals surface area contributed by atoms with E-state index in [1.165, 1.54) is 0 Å². The smallest absolute Gasteiger partial charge is 0.187 e. The molecule has 0 amide bonds. The van der Waals surface area contributed by atoms with Crippen molar-refractivity contribution in [2.24, 2.45) is 0 Å². The van der Waals surface area contributed by atoms with Gasteiger partial charge in [-0.2, -0.15) is 0 Å². The normalized spacial score (nSPS) is 52.9. The molecule has 0 aliphatic carbocycles. The fraction of sp³-hybridized carbons (Fsp3) is 1.00. The van der Waals surface area contributed by atoms with Crippen LogP contribution < -0.4 is 0 Å². The van der Waals surface area contributed by atoms with Crippen LogP contribution in [-0.4, -0.2) is 221 Å². The van der Waals surface area contributed by atoms with E-state index in [1.807, 2.05) is 0 Å². The summed E-state index contributed by atoms with van der Waals surface area (Å²) in [4.78, 5) is 0. The summed E-state index contributed by atoms with van der Waals surface area (Å²) in [5.74, 6) is 0. The monoisotopic (exact) mass is 666 g/mol. The second-order valence-corrected chi connectivity index (χ2v) is 11.2. The third kappa shape index (κ3) is 7.59. The first kappa shape index (κ1) is 37.0. The van der Waals surface area contributed by atoms with Gasteiger partial charge in [-0.3, -0.25) is 0 Å². The highest BCUT2D eigenvalue weighted by Gasteiger charge is 2.53. The predicted molar refractivity (Wildman–Crippen MR) is 134 cm³/mol. The van der Waals surface area contributed by atoms with Crippen molar-refractivity contribution in [3.8, 4) is 0 Å². The van der Waals surface area contributed by atoms with E-state index in [4.69, 9.17) is 33.2 Å². The fourth-order valence-electron chi connectivity index (χ4n) is 5.43. The summed E-state index contributed by atoms with van der Waals surface area (Å²) >= 11 is 0. The van der Waals surface area contributed by atoms with Gasteiger partial charge in [0.2, 0.25) is 0 Å². The molecule has 1 unspecified atom stereocenters. The van der Waals surface area contributed by atoms with Crippen LogP contribution in [0, 0.1) is 0 Å². The molecular weight excluding hydrogens is 624 g/mol. The number of hydrogen-bond acceptors (Lipinski definition) is 21. The lowest BCUT2D eigenvalue weighted by atomic mass is 9.96. The van der Waals surface area contributed by atoms with Crippen LogP contribution in [-0.2, 0) is 33.2 Å². The molecule has 0 aromatic rings. The van der Waals surface area contributed by atoms with Crippen LogP contribution in [0.5, 0.6) is 0 Å². The van der Waals surface area contributed by atoms with Crippen molar-refractivity contribution in [1.82, 2.24) is 0 Å². The number of hydrogen-bond donors (Lipinski definition) is 14. The van der Waals surface area contributed by atoms with Gasteiger partial charge < -0.3 is 105 Å². The quantitative estimate of drug-likeness (QED) is 0.103. The summed E-state index contributed by atoms with van der Waals surface area (Å²) in [5.41, 5.74) is 0. The average molecular weight is 667 g/mol. The van der Waals surface area contributed by atoms with E-state index in [-0.39, 0.29) is 0 Å². The molecule has 264 valence electrons. The molecule has 21 heteroatoms. The molecule has 4 rings (SSSR count). The Morgan fingerprint density at radius 3 is 1.29 bits per heavy atom. The summed E-state index contributed by atoms with van der Waals surface area (Å²) in [6, 6.07) is 0. The Morgan fingerprint density at radius 1 is 0.378 bits per heavy atom. The Kier molecular flexibility index (Phi) is 12.8. The molecule has 4 aliphatic heterocycles. The van der Waals surface area contributed by atoms with Gasteiger partial charge in [0.1, 0.15) is 97.7 Å². The standard InChI is InChI=1S/C24H42O21/c25-1-5-9(28)13(32)15(34)23(42-5)45-20-12(31)7(3-27)41-22(18(20)37)39-4-8-10(29)14(33)16(35)24(43-8)44-19-11(30)6(2-26)40-21(38)17(19)36/h5-38H,1-4H2/t5-,6-,7-,8-,9-,10-,11-,12-,13+,14+,15+,16+,17+,18+,19+,20+,21?,22+,23-,24-/m1/s1. The van der Waals surface area contributed by atoms with Gasteiger partial charge in [0.05, 0.1) is 26.4 Å². The van der Waals surface area contributed by atoms with Crippen LogP contribution in [0.3, 0.4) is 0 Å². The van der Waals surface area contributed by atoms with Crippen LogP contribution in [0.25, 0.3) is 0 Å². The number of aliphatic hydroxyl groups excluding tert-OH is 14. The molecule has 0 spiro atoms. The summed E-state index contributed by atoms with van der Waals surface area (Å²) < 4.78 is 37.4. The van der Waals surface area contributed by atoms with Gasteiger partial charge in [-0.25, -0.2) is 0 Å². The molecule has 0 aromatic carbocycles. The average Bonchev–Trinajstić information content (AvgIpc) is 3.02. The van der Waals surface area contributed by atoms with E-state index in [2.05, 4.69) is 0 Å². The van der Waals surface area contributed by atoms with Crippen LogP contribution in [0.1, 0.15) is 0 Å². The third-order valence-electron chi connectivity index (χ3n) is 8.19. The second kappa shape index (κ2) is 15.6. The number of rotatable bonds is 10. The number of aliphatic hydroxyl groups is 14. The molecule has 0 saturated carbocycles. The second-order valence-electron chi connectivity index (χ2n) is 11.2. The van der Waals surface area contributed by atoms with Gasteiger partial charge in [-0.15, -0.1) is 0 Å². The minimum atomic E-state index is -1.97. The maximum atomic E-state index is 10.9. The van der Waals surface area contributed by atoms with Crippen molar-refractivity contribution in [2.75, 3.05) is 26.4 Å². The van der Waals surface area contributed by atoms with Crippen molar-refractivity contribution >= 4 is 0 Å². The Bertz CT molecular complexity index is 916. The SMILES string of the molecule is OC[C@H]1O[C@H](O[C@@H]2[C@H](O)[C@@H](OC[C@H]3O[C@H](O[C@H]4[C@H](O)[C@@H](CO)OC(O)[C@H]4O)[C@@H](O)[C@@H](O)[C@@H]3O)O[C@H](CO)[C@H]2O)[C@@H](O)[C@@H](O)[C@@H]1O. The molecule has 4 aliphatic rings. The molecular formula is C24H42O21. The summed E-state index contributed by atoms with van der Waals surface area (Å²) in [7, 11) is 0. The summed E-state index contributed by atoms with van der Waals surface area (Å²) in [6.45, 7) is -3.17. The predicted octanol–water partition coefficient (Wildman–Crippen LogP) is -9.75. The summed E-state index contributed by atoms with van der Waals surface area (Å²) in [5, 5.41) is 142. The van der Waals surface area contributed by atoms with Gasteiger partial charge in [-0.05, 0) is 0 Å². The van der Waals surface area contributed by atoms with E-state index >= 15 is 0 Å². The zero-order valence-corrected chi connectivity index (χ0v) is 23.5. The van der Waals surface area contributed by atoms with Gasteiger partial charge >= 0.3 is 0 Å². The highest BCUT2D eigenvalue weighted by Crippen LogP contribution is 2.32. The van der Waals surface area contributed by atoms with E-state index in [0.717, 1.165) is 0 Å². The molecule has 4 saturated heterocycles. The molecule has 0 radical (unpaired) electrons. The largest absolute Gasteiger partial charge is 0.394 e. The van der Waals surface area contributed by atoms with Crippen LogP contribution in [0.2, 0.25) is 0 Å². The first-order valence-corrected chi connectivity index (χ1v) is 14.1. The van der Waals surface area contributed by atoms with Crippen molar-refractivity contribution in [3.05, 3.63) is 0 Å².